The van der Waals surface area contributed by atoms with E-state index in [0.717, 1.165) is 59.9 Å². The largest absolute Gasteiger partial charge is 0.256 e. The molecule has 354 valence electrons. The van der Waals surface area contributed by atoms with Crippen LogP contribution in [0.25, 0.3) is 69.1 Å². The summed E-state index contributed by atoms with van der Waals surface area (Å²) in [5.41, 5.74) is 20.2. The molecule has 2 atom stereocenters. The number of pyridine rings is 1. The van der Waals surface area contributed by atoms with E-state index in [-0.39, 0.29) is 11.3 Å². The van der Waals surface area contributed by atoms with Gasteiger partial charge in [-0.25, -0.2) is 0 Å². The van der Waals surface area contributed by atoms with Crippen LogP contribution in [-0.2, 0) is 11.8 Å². The molecule has 2 aliphatic rings. The van der Waals surface area contributed by atoms with E-state index < -0.39 is 0 Å². The average molecular weight is 924 g/mol. The first-order valence-electron chi connectivity index (χ1n) is 25.8. The first-order valence-corrected chi connectivity index (χ1v) is 25.8. The minimum atomic E-state index is -0.155. The molecular weight excluding hydrogens is 855 g/mol. The molecule has 0 spiro atoms. The molecule has 1 heteroatoms. The summed E-state index contributed by atoms with van der Waals surface area (Å²) in [5.74, 6) is 3.48. The van der Waals surface area contributed by atoms with Gasteiger partial charge in [0.1, 0.15) is 0 Å². The van der Waals surface area contributed by atoms with Gasteiger partial charge in [0.05, 0.1) is 5.52 Å². The van der Waals surface area contributed by atoms with Crippen molar-refractivity contribution >= 4 is 46.9 Å². The SMILES string of the molecule is C#Cc1c(/C=C\Cc2ccc(C(/C=C\c3ccc4cccnc4c3C)=C(C)CC)cc2)c(C2C=c3ccccc3=CC2)c(/C=C\CC)c(C)c1-c1cc(-c2ccccc2)cc(C2(C)C=CC=CC2)c1.CC. The van der Waals surface area contributed by atoms with Crippen LogP contribution in [0.5, 0.6) is 0 Å². The van der Waals surface area contributed by atoms with Gasteiger partial charge in [-0.2, -0.15) is 0 Å². The van der Waals surface area contributed by atoms with Crippen molar-refractivity contribution in [3.05, 3.63) is 242 Å². The summed E-state index contributed by atoms with van der Waals surface area (Å²) in [6.07, 6.45) is 41.0. The highest BCUT2D eigenvalue weighted by Gasteiger charge is 2.28. The molecule has 0 amide bonds. The lowest BCUT2D eigenvalue weighted by Crippen LogP contribution is -2.28. The molecule has 0 bridgehead atoms. The molecule has 0 radical (unpaired) electrons. The fourth-order valence-electron chi connectivity index (χ4n) is 10.4. The number of aryl methyl sites for hydroxylation is 1. The fraction of sp³-hybridized carbons (Fsp3) is 0.214. The van der Waals surface area contributed by atoms with Crippen LogP contribution in [0, 0.1) is 26.2 Å². The second kappa shape index (κ2) is 22.9. The Morgan fingerprint density at radius 3 is 2.24 bits per heavy atom. The van der Waals surface area contributed by atoms with Gasteiger partial charge in [-0.1, -0.05) is 228 Å². The quantitative estimate of drug-likeness (QED) is 0.0829. The Bertz CT molecular complexity index is 3410. The minimum absolute atomic E-state index is 0.147. The number of fused-ring (bicyclic) bond motifs is 2. The number of terminal acetylenes is 1. The average Bonchev–Trinajstić information content (AvgIpc) is 3.42. The third-order valence-electron chi connectivity index (χ3n) is 14.5. The van der Waals surface area contributed by atoms with E-state index in [4.69, 9.17) is 6.42 Å². The lowest BCUT2D eigenvalue weighted by atomic mass is 9.74. The van der Waals surface area contributed by atoms with Crippen molar-refractivity contribution in [1.29, 1.82) is 0 Å². The van der Waals surface area contributed by atoms with Gasteiger partial charge < -0.3 is 0 Å². The van der Waals surface area contributed by atoms with Crippen molar-refractivity contribution in [1.82, 2.24) is 4.98 Å². The van der Waals surface area contributed by atoms with Crippen LogP contribution in [0.3, 0.4) is 0 Å². The van der Waals surface area contributed by atoms with Crippen LogP contribution in [-0.4, -0.2) is 4.98 Å². The predicted octanol–water partition coefficient (Wildman–Crippen LogP) is 17.3. The van der Waals surface area contributed by atoms with Crippen molar-refractivity contribution < 1.29 is 0 Å². The zero-order valence-electron chi connectivity index (χ0n) is 43.2. The summed E-state index contributed by atoms with van der Waals surface area (Å²) in [6.45, 7) is 17.5. The minimum Gasteiger partial charge on any atom is -0.256 e. The first-order chi connectivity index (χ1) is 34.7. The molecule has 0 saturated heterocycles. The molecule has 0 saturated carbocycles. The van der Waals surface area contributed by atoms with Crippen LogP contribution >= 0.6 is 0 Å². The maximum Gasteiger partial charge on any atom is 0.0737 e. The molecule has 0 fully saturated rings. The molecule has 6 aromatic carbocycles. The zero-order chi connectivity index (χ0) is 49.9. The van der Waals surface area contributed by atoms with E-state index in [9.17, 15) is 0 Å². The van der Waals surface area contributed by atoms with Crippen molar-refractivity contribution in [2.24, 2.45) is 0 Å². The Balaban J connectivity index is 0.00000334. The topological polar surface area (TPSA) is 12.9 Å². The van der Waals surface area contributed by atoms with Gasteiger partial charge in [0, 0.05) is 34.0 Å². The Morgan fingerprint density at radius 2 is 1.51 bits per heavy atom. The summed E-state index contributed by atoms with van der Waals surface area (Å²) in [7, 11) is 0. The highest BCUT2D eigenvalue weighted by Crippen LogP contribution is 2.45. The molecule has 9 rings (SSSR count). The van der Waals surface area contributed by atoms with Crippen molar-refractivity contribution in [3.8, 4) is 34.6 Å². The highest BCUT2D eigenvalue weighted by atomic mass is 14.6. The highest BCUT2D eigenvalue weighted by molar-refractivity contribution is 5.90. The van der Waals surface area contributed by atoms with E-state index in [1.807, 2.05) is 26.1 Å². The number of benzene rings is 6. The lowest BCUT2D eigenvalue weighted by Gasteiger charge is -2.30. The van der Waals surface area contributed by atoms with Crippen molar-refractivity contribution in [2.45, 2.75) is 98.8 Å². The number of allylic oxidation sites excluding steroid dienone is 9. The van der Waals surface area contributed by atoms with Gasteiger partial charge in [0.25, 0.3) is 0 Å². The molecule has 1 heterocycles. The van der Waals surface area contributed by atoms with E-state index in [0.29, 0.717) is 0 Å². The second-order valence-corrected chi connectivity index (χ2v) is 19.0. The number of aromatic nitrogens is 1. The number of hydrogen-bond donors (Lipinski definition) is 0. The molecule has 71 heavy (non-hydrogen) atoms. The van der Waals surface area contributed by atoms with Crippen LogP contribution in [0.1, 0.15) is 129 Å². The Hall–Kier alpha value is -7.53. The lowest BCUT2D eigenvalue weighted by molar-refractivity contribution is 0.600. The van der Waals surface area contributed by atoms with Crippen molar-refractivity contribution in [3.63, 3.8) is 0 Å². The van der Waals surface area contributed by atoms with E-state index in [1.165, 1.54) is 82.6 Å². The number of rotatable bonds is 13. The summed E-state index contributed by atoms with van der Waals surface area (Å²) in [4.78, 5) is 4.68. The molecular formula is C70H69N. The molecule has 7 aromatic rings. The van der Waals surface area contributed by atoms with E-state index in [1.54, 1.807) is 0 Å². The van der Waals surface area contributed by atoms with Gasteiger partial charge in [0.2, 0.25) is 0 Å². The van der Waals surface area contributed by atoms with Gasteiger partial charge in [-0.3, -0.25) is 4.98 Å². The predicted molar refractivity (Wildman–Crippen MR) is 310 cm³/mol. The molecule has 0 aliphatic heterocycles. The van der Waals surface area contributed by atoms with E-state index >= 15 is 0 Å². The summed E-state index contributed by atoms with van der Waals surface area (Å²) in [6, 6.07) is 44.3. The Labute approximate surface area is 424 Å². The summed E-state index contributed by atoms with van der Waals surface area (Å²) >= 11 is 0. The second-order valence-electron chi connectivity index (χ2n) is 19.0. The van der Waals surface area contributed by atoms with Gasteiger partial charge in [-0.15, -0.1) is 6.42 Å². The molecule has 1 nitrogen and oxygen atoms in total. The fourth-order valence-corrected chi connectivity index (χ4v) is 10.4. The third kappa shape index (κ3) is 10.8. The monoisotopic (exact) mass is 924 g/mol. The molecule has 0 N–H and O–H groups in total. The standard InChI is InChI=1S/C68H63N.C2H6/c1-8-11-28-63-49(6)65(59-44-58(52-23-14-12-15-24-52)45-60(46-59)68(7)40-18-13-19-41-68)61(10-3)64(66(63)57-37-35-53-25-16-17-26-56(53)43-57)29-20-22-50-30-32-54(33-31-50)62(47(4)9-2)39-38-51-34-36-55-27-21-42-69-67(55)48(51)5;1-2/h3,11-21,23-36,38-40,42-46,57H,8-9,22,37,41H2,1-2,4-7H3;1-2H3/b28-11-,29-20-,39-38-,62-47?;. The van der Waals surface area contributed by atoms with E-state index in [2.05, 4.69) is 241 Å². The first kappa shape index (κ1) is 49.9. The third-order valence-corrected chi connectivity index (χ3v) is 14.5. The molecule has 2 unspecified atom stereocenters. The van der Waals surface area contributed by atoms with Gasteiger partial charge >= 0.3 is 0 Å². The van der Waals surface area contributed by atoms with Crippen molar-refractivity contribution in [2.75, 3.05) is 0 Å². The Morgan fingerprint density at radius 1 is 0.761 bits per heavy atom. The van der Waals surface area contributed by atoms with Gasteiger partial charge in [-0.05, 0) is 148 Å². The maximum absolute atomic E-state index is 6.84. The van der Waals surface area contributed by atoms with Crippen LogP contribution in [0.15, 0.2) is 176 Å². The van der Waals surface area contributed by atoms with Crippen LogP contribution in [0.2, 0.25) is 0 Å². The summed E-state index contributed by atoms with van der Waals surface area (Å²) in [5, 5.41) is 3.73. The van der Waals surface area contributed by atoms with Gasteiger partial charge in [0.15, 0.2) is 0 Å². The summed E-state index contributed by atoms with van der Waals surface area (Å²) < 4.78 is 0. The Kier molecular flexibility index (Phi) is 16.1. The van der Waals surface area contributed by atoms with Crippen LogP contribution < -0.4 is 10.4 Å². The molecule has 2 aliphatic carbocycles. The molecule has 1 aromatic heterocycles. The number of hydrogen-bond acceptors (Lipinski definition) is 1. The number of nitrogens with zero attached hydrogens (tertiary/aromatic N) is 1. The maximum atomic E-state index is 6.84. The zero-order valence-corrected chi connectivity index (χ0v) is 43.2. The smallest absolute Gasteiger partial charge is 0.0737 e. The van der Waals surface area contributed by atoms with Crippen LogP contribution in [0.4, 0.5) is 0 Å². The normalized spacial score (nSPS) is 16.6.